The van der Waals surface area contributed by atoms with Crippen molar-refractivity contribution in [1.29, 1.82) is 0 Å². The van der Waals surface area contributed by atoms with E-state index in [0.717, 1.165) is 23.5 Å². The largest absolute Gasteiger partial charge is 0.416 e. The van der Waals surface area contributed by atoms with E-state index in [-0.39, 0.29) is 27.2 Å². The highest BCUT2D eigenvalue weighted by Crippen LogP contribution is 2.37. The standard InChI is InChI=1S/C19H16ClF4N5OS/c1-3-29(2)9-14-16(10-4-11(19(22,23)24)6-12(21)5-10)27-18(31-14)28-17(30)13-7-26-15(20)8-25-13/h4-8H,3,9H2,1-2H3,(H,27,28,30). The highest BCUT2D eigenvalue weighted by atomic mass is 35.5. The van der Waals surface area contributed by atoms with Gasteiger partial charge in [-0.3, -0.25) is 10.1 Å². The van der Waals surface area contributed by atoms with Crippen LogP contribution in [0, 0.1) is 5.82 Å². The molecule has 3 aromatic rings. The lowest BCUT2D eigenvalue weighted by molar-refractivity contribution is -0.137. The minimum absolute atomic E-state index is 0.0153. The lowest BCUT2D eigenvalue weighted by atomic mass is 10.1. The minimum atomic E-state index is -4.71. The van der Waals surface area contributed by atoms with Crippen molar-refractivity contribution in [3.05, 3.63) is 57.7 Å². The van der Waals surface area contributed by atoms with Crippen LogP contribution in [0.15, 0.2) is 30.6 Å². The monoisotopic (exact) mass is 473 g/mol. The number of carbonyl (C=O) groups excluding carboxylic acids is 1. The summed E-state index contributed by atoms with van der Waals surface area (Å²) >= 11 is 6.74. The summed E-state index contributed by atoms with van der Waals surface area (Å²) in [5.74, 6) is -1.65. The van der Waals surface area contributed by atoms with Crippen LogP contribution >= 0.6 is 22.9 Å². The fraction of sp³-hybridized carbons (Fsp3) is 0.263. The number of aromatic nitrogens is 3. The number of hydrogen-bond acceptors (Lipinski definition) is 6. The quantitative estimate of drug-likeness (QED) is 0.503. The van der Waals surface area contributed by atoms with Crippen molar-refractivity contribution < 1.29 is 22.4 Å². The topological polar surface area (TPSA) is 71.0 Å². The third kappa shape index (κ3) is 5.75. The van der Waals surface area contributed by atoms with Crippen LogP contribution in [-0.4, -0.2) is 39.4 Å². The second-order valence-corrected chi connectivity index (χ2v) is 8.00. The molecule has 6 nitrogen and oxygen atoms in total. The number of halogens is 5. The average Bonchev–Trinajstić information content (AvgIpc) is 3.09. The van der Waals surface area contributed by atoms with Crippen LogP contribution in [0.1, 0.15) is 27.9 Å². The summed E-state index contributed by atoms with van der Waals surface area (Å²) in [6, 6.07) is 2.25. The highest BCUT2D eigenvalue weighted by Gasteiger charge is 2.32. The zero-order valence-corrected chi connectivity index (χ0v) is 17.9. The van der Waals surface area contributed by atoms with Crippen molar-refractivity contribution in [2.45, 2.75) is 19.6 Å². The molecular weight excluding hydrogens is 458 g/mol. The summed E-state index contributed by atoms with van der Waals surface area (Å²) in [7, 11) is 1.82. The summed E-state index contributed by atoms with van der Waals surface area (Å²) in [5, 5.41) is 2.80. The zero-order chi connectivity index (χ0) is 22.8. The molecule has 0 radical (unpaired) electrons. The maximum atomic E-state index is 13.9. The Morgan fingerprint density at radius 2 is 1.97 bits per heavy atom. The van der Waals surface area contributed by atoms with E-state index in [1.807, 2.05) is 18.9 Å². The maximum Gasteiger partial charge on any atom is 0.416 e. The molecule has 1 N–H and O–H groups in total. The number of hydrogen-bond donors (Lipinski definition) is 1. The summed E-state index contributed by atoms with van der Waals surface area (Å²) in [6.07, 6.45) is -2.32. The van der Waals surface area contributed by atoms with E-state index in [1.165, 1.54) is 12.4 Å². The molecular formula is C19H16ClF4N5OS. The summed E-state index contributed by atoms with van der Waals surface area (Å²) in [5.41, 5.74) is -1.01. The maximum absolute atomic E-state index is 13.9. The molecule has 0 saturated heterocycles. The number of alkyl halides is 3. The van der Waals surface area contributed by atoms with Gasteiger partial charge in [0.25, 0.3) is 5.91 Å². The summed E-state index contributed by atoms with van der Waals surface area (Å²) in [6.45, 7) is 2.92. The number of thiazole rings is 1. The molecule has 12 heteroatoms. The lowest BCUT2D eigenvalue weighted by Crippen LogP contribution is -2.16. The molecule has 2 heterocycles. The fourth-order valence-electron chi connectivity index (χ4n) is 2.58. The Hall–Kier alpha value is -2.63. The molecule has 0 aliphatic carbocycles. The molecule has 1 amide bonds. The SMILES string of the molecule is CCN(C)Cc1sc(NC(=O)c2cnc(Cl)cn2)nc1-c1cc(F)cc(C(F)(F)F)c1. The first-order valence-electron chi connectivity index (χ1n) is 8.92. The first kappa shape index (κ1) is 23.0. The van der Waals surface area contributed by atoms with Crippen molar-refractivity contribution in [2.24, 2.45) is 0 Å². The number of carbonyl (C=O) groups is 1. The lowest BCUT2D eigenvalue weighted by Gasteiger charge is -2.14. The van der Waals surface area contributed by atoms with E-state index in [1.54, 1.807) is 0 Å². The molecule has 0 aliphatic heterocycles. The number of amides is 1. The Labute approximate surface area is 183 Å². The van der Waals surface area contributed by atoms with Gasteiger partial charge in [0.2, 0.25) is 0 Å². The van der Waals surface area contributed by atoms with Gasteiger partial charge in [-0.15, -0.1) is 0 Å². The molecule has 1 aromatic carbocycles. The number of nitrogens with one attached hydrogen (secondary N) is 1. The van der Waals surface area contributed by atoms with Crippen LogP contribution in [0.3, 0.4) is 0 Å². The van der Waals surface area contributed by atoms with Gasteiger partial charge in [-0.25, -0.2) is 19.3 Å². The van der Waals surface area contributed by atoms with Crippen molar-refractivity contribution in [3.8, 4) is 11.3 Å². The molecule has 0 fully saturated rings. The average molecular weight is 474 g/mol. The Morgan fingerprint density at radius 3 is 2.58 bits per heavy atom. The Bertz CT molecular complexity index is 1090. The molecule has 0 spiro atoms. The van der Waals surface area contributed by atoms with Crippen molar-refractivity contribution in [3.63, 3.8) is 0 Å². The molecule has 31 heavy (non-hydrogen) atoms. The van der Waals surface area contributed by atoms with E-state index in [0.29, 0.717) is 24.0 Å². The predicted molar refractivity (Wildman–Crippen MR) is 110 cm³/mol. The van der Waals surface area contributed by atoms with Gasteiger partial charge in [-0.05, 0) is 31.8 Å². The van der Waals surface area contributed by atoms with Crippen LogP contribution in [0.25, 0.3) is 11.3 Å². The van der Waals surface area contributed by atoms with Crippen molar-refractivity contribution in [1.82, 2.24) is 19.9 Å². The number of anilines is 1. The second-order valence-electron chi connectivity index (χ2n) is 6.53. The molecule has 2 aromatic heterocycles. The number of rotatable bonds is 6. The van der Waals surface area contributed by atoms with E-state index in [9.17, 15) is 22.4 Å². The van der Waals surface area contributed by atoms with E-state index in [4.69, 9.17) is 11.6 Å². The minimum Gasteiger partial charge on any atom is -0.301 e. The predicted octanol–water partition coefficient (Wildman–Crippen LogP) is 5.12. The van der Waals surface area contributed by atoms with Gasteiger partial charge in [0.15, 0.2) is 5.13 Å². The normalized spacial score (nSPS) is 11.7. The van der Waals surface area contributed by atoms with E-state index >= 15 is 0 Å². The molecule has 0 atom stereocenters. The van der Waals surface area contributed by atoms with Crippen LogP contribution in [0.2, 0.25) is 5.15 Å². The Kier molecular flexibility index (Phi) is 6.87. The molecule has 0 aliphatic rings. The van der Waals surface area contributed by atoms with Crippen LogP contribution in [0.5, 0.6) is 0 Å². The summed E-state index contributed by atoms with van der Waals surface area (Å²) in [4.78, 5) is 26.8. The van der Waals surface area contributed by atoms with Crippen molar-refractivity contribution in [2.75, 3.05) is 18.9 Å². The van der Waals surface area contributed by atoms with Crippen LogP contribution < -0.4 is 5.32 Å². The van der Waals surface area contributed by atoms with Gasteiger partial charge in [-0.1, -0.05) is 29.9 Å². The fourth-order valence-corrected chi connectivity index (χ4v) is 3.73. The molecule has 0 unspecified atom stereocenters. The zero-order valence-electron chi connectivity index (χ0n) is 16.3. The van der Waals surface area contributed by atoms with E-state index < -0.39 is 23.5 Å². The van der Waals surface area contributed by atoms with Crippen LogP contribution in [-0.2, 0) is 12.7 Å². The third-order valence-electron chi connectivity index (χ3n) is 4.22. The molecule has 0 saturated carbocycles. The van der Waals surface area contributed by atoms with Gasteiger partial charge < -0.3 is 4.90 Å². The summed E-state index contributed by atoms with van der Waals surface area (Å²) < 4.78 is 53.4. The highest BCUT2D eigenvalue weighted by molar-refractivity contribution is 7.16. The second kappa shape index (κ2) is 9.25. The smallest absolute Gasteiger partial charge is 0.301 e. The number of nitrogens with zero attached hydrogens (tertiary/aromatic N) is 4. The molecule has 0 bridgehead atoms. The van der Waals surface area contributed by atoms with Crippen LogP contribution in [0.4, 0.5) is 22.7 Å². The number of benzene rings is 1. The molecule has 164 valence electrons. The van der Waals surface area contributed by atoms with Gasteiger partial charge in [0, 0.05) is 17.0 Å². The van der Waals surface area contributed by atoms with Gasteiger partial charge in [0.1, 0.15) is 16.7 Å². The van der Waals surface area contributed by atoms with Crippen molar-refractivity contribution >= 4 is 34.0 Å². The van der Waals surface area contributed by atoms with E-state index in [2.05, 4.69) is 20.3 Å². The Morgan fingerprint density at radius 1 is 1.23 bits per heavy atom. The third-order valence-corrected chi connectivity index (χ3v) is 5.37. The first-order chi connectivity index (χ1) is 14.6. The molecule has 3 rings (SSSR count). The first-order valence-corrected chi connectivity index (χ1v) is 10.1. The van der Waals surface area contributed by atoms with Gasteiger partial charge in [0.05, 0.1) is 23.7 Å². The van der Waals surface area contributed by atoms with Gasteiger partial charge in [-0.2, -0.15) is 13.2 Å². The van der Waals surface area contributed by atoms with Gasteiger partial charge >= 0.3 is 6.18 Å². The Balaban J connectivity index is 1.99.